The number of hydrogen-bond donors (Lipinski definition) is 2. The first-order valence-electron chi connectivity index (χ1n) is 8.46. The van der Waals surface area contributed by atoms with Crippen LogP contribution in [0.3, 0.4) is 0 Å². The molecule has 0 fully saturated rings. The van der Waals surface area contributed by atoms with Gasteiger partial charge in [0.1, 0.15) is 5.75 Å². The van der Waals surface area contributed by atoms with Crippen LogP contribution in [-0.2, 0) is 11.3 Å². The minimum Gasteiger partial charge on any atom is -0.481 e. The SMILES string of the molecule is NC(CC(=O)O)Cn1nnc(-c2ccc(Oc3nc4ccccc4s3)cc2)n1. The highest BCUT2D eigenvalue weighted by Crippen LogP contribution is 2.31. The molecule has 142 valence electrons. The molecule has 2 aromatic carbocycles. The maximum absolute atomic E-state index is 10.7. The van der Waals surface area contributed by atoms with E-state index in [1.807, 2.05) is 36.4 Å². The van der Waals surface area contributed by atoms with E-state index in [1.54, 1.807) is 12.1 Å². The molecule has 0 bridgehead atoms. The summed E-state index contributed by atoms with van der Waals surface area (Å²) in [6, 6.07) is 14.5. The third kappa shape index (κ3) is 4.13. The number of para-hydroxylation sites is 1. The zero-order chi connectivity index (χ0) is 19.5. The lowest BCUT2D eigenvalue weighted by molar-refractivity contribution is -0.137. The molecule has 1 atom stereocenters. The molecule has 0 aliphatic rings. The van der Waals surface area contributed by atoms with Crippen LogP contribution < -0.4 is 10.5 Å². The van der Waals surface area contributed by atoms with Crippen LogP contribution in [0, 0.1) is 0 Å². The number of thiazole rings is 1. The summed E-state index contributed by atoms with van der Waals surface area (Å²) in [5, 5.41) is 21.5. The lowest BCUT2D eigenvalue weighted by Crippen LogP contribution is -2.30. The normalized spacial score (nSPS) is 12.2. The Hall–Kier alpha value is -3.37. The summed E-state index contributed by atoms with van der Waals surface area (Å²) in [4.78, 5) is 16.4. The Bertz CT molecular complexity index is 1070. The van der Waals surface area contributed by atoms with Crippen LogP contribution in [-0.4, -0.2) is 42.3 Å². The summed E-state index contributed by atoms with van der Waals surface area (Å²) in [6.45, 7) is 0.179. The smallest absolute Gasteiger partial charge is 0.304 e. The quantitative estimate of drug-likeness (QED) is 0.487. The van der Waals surface area contributed by atoms with Gasteiger partial charge in [-0.25, -0.2) is 4.98 Å². The molecule has 0 radical (unpaired) electrons. The molecule has 4 rings (SSSR count). The number of carboxylic acids is 1. The third-order valence-electron chi connectivity index (χ3n) is 3.88. The number of aromatic nitrogens is 5. The second-order valence-corrected chi connectivity index (χ2v) is 7.09. The number of carboxylic acid groups (broad SMARTS) is 1. The zero-order valence-corrected chi connectivity index (χ0v) is 15.4. The fourth-order valence-corrected chi connectivity index (χ4v) is 3.44. The van der Waals surface area contributed by atoms with Crippen LogP contribution in [0.4, 0.5) is 0 Å². The molecule has 9 nitrogen and oxygen atoms in total. The summed E-state index contributed by atoms with van der Waals surface area (Å²) < 4.78 is 6.89. The van der Waals surface area contributed by atoms with Crippen LogP contribution in [0.15, 0.2) is 48.5 Å². The van der Waals surface area contributed by atoms with Gasteiger partial charge in [0.25, 0.3) is 5.19 Å². The zero-order valence-electron chi connectivity index (χ0n) is 14.6. The summed E-state index contributed by atoms with van der Waals surface area (Å²) >= 11 is 1.48. The monoisotopic (exact) mass is 396 g/mol. The van der Waals surface area contributed by atoms with Crippen molar-refractivity contribution < 1.29 is 14.6 Å². The standard InChI is InChI=1S/C18H16N6O3S/c19-12(9-16(25)26)10-24-22-17(21-23-24)11-5-7-13(8-6-11)27-18-20-14-3-1-2-4-15(14)28-18/h1-8,12H,9-10,19H2,(H,25,26). The minimum absolute atomic E-state index is 0.158. The average molecular weight is 396 g/mol. The van der Waals surface area contributed by atoms with Gasteiger partial charge in [-0.3, -0.25) is 4.79 Å². The number of carbonyl (C=O) groups is 1. The van der Waals surface area contributed by atoms with E-state index in [0.717, 1.165) is 15.8 Å². The van der Waals surface area contributed by atoms with Gasteiger partial charge in [-0.15, -0.1) is 10.2 Å². The van der Waals surface area contributed by atoms with E-state index in [4.69, 9.17) is 15.6 Å². The van der Waals surface area contributed by atoms with Crippen LogP contribution in [0.5, 0.6) is 10.9 Å². The molecular weight excluding hydrogens is 380 g/mol. The highest BCUT2D eigenvalue weighted by Gasteiger charge is 2.12. The molecule has 0 saturated heterocycles. The van der Waals surface area contributed by atoms with Crippen molar-refractivity contribution in [2.45, 2.75) is 19.0 Å². The molecular formula is C18H16N6O3S. The summed E-state index contributed by atoms with van der Waals surface area (Å²) in [5.74, 6) is 0.115. The molecule has 10 heteroatoms. The van der Waals surface area contributed by atoms with E-state index >= 15 is 0 Å². The van der Waals surface area contributed by atoms with E-state index in [9.17, 15) is 4.79 Å². The molecule has 4 aromatic rings. The predicted molar refractivity (Wildman–Crippen MR) is 103 cm³/mol. The van der Waals surface area contributed by atoms with Crippen LogP contribution in [0.2, 0.25) is 0 Å². The molecule has 0 aliphatic heterocycles. The van der Waals surface area contributed by atoms with Crippen molar-refractivity contribution in [3.63, 3.8) is 0 Å². The number of aliphatic carboxylic acids is 1. The van der Waals surface area contributed by atoms with E-state index in [2.05, 4.69) is 20.4 Å². The maximum Gasteiger partial charge on any atom is 0.304 e. The fraction of sp³-hybridized carbons (Fsp3) is 0.167. The number of nitrogens with two attached hydrogens (primary N) is 1. The van der Waals surface area contributed by atoms with Crippen LogP contribution in [0.1, 0.15) is 6.42 Å². The summed E-state index contributed by atoms with van der Waals surface area (Å²) in [7, 11) is 0. The highest BCUT2D eigenvalue weighted by molar-refractivity contribution is 7.20. The number of ether oxygens (including phenoxy) is 1. The Balaban J connectivity index is 1.43. The molecule has 28 heavy (non-hydrogen) atoms. The van der Waals surface area contributed by atoms with Crippen molar-refractivity contribution in [2.24, 2.45) is 5.73 Å². The highest BCUT2D eigenvalue weighted by atomic mass is 32.1. The van der Waals surface area contributed by atoms with Crippen molar-refractivity contribution in [3.8, 4) is 22.3 Å². The topological polar surface area (TPSA) is 129 Å². The Labute approximate surface area is 163 Å². The van der Waals surface area contributed by atoms with Gasteiger partial charge < -0.3 is 15.6 Å². The molecule has 2 aromatic heterocycles. The molecule has 2 heterocycles. The fourth-order valence-electron chi connectivity index (χ4n) is 2.60. The van der Waals surface area contributed by atoms with E-state index in [0.29, 0.717) is 16.8 Å². The third-order valence-corrected chi connectivity index (χ3v) is 4.79. The number of hydrogen-bond acceptors (Lipinski definition) is 8. The largest absolute Gasteiger partial charge is 0.481 e. The Kier molecular flexibility index (Phi) is 4.96. The van der Waals surface area contributed by atoms with E-state index in [1.165, 1.54) is 16.1 Å². The second kappa shape index (κ2) is 7.71. The Morgan fingerprint density at radius 2 is 2.00 bits per heavy atom. The van der Waals surface area contributed by atoms with E-state index < -0.39 is 12.0 Å². The van der Waals surface area contributed by atoms with Crippen molar-refractivity contribution >= 4 is 27.5 Å². The maximum atomic E-state index is 10.7. The molecule has 0 amide bonds. The van der Waals surface area contributed by atoms with Gasteiger partial charge in [0.15, 0.2) is 0 Å². The first-order valence-corrected chi connectivity index (χ1v) is 9.27. The molecule has 0 saturated carbocycles. The van der Waals surface area contributed by atoms with Crippen LogP contribution >= 0.6 is 11.3 Å². The second-order valence-electron chi connectivity index (χ2n) is 6.10. The van der Waals surface area contributed by atoms with Gasteiger partial charge in [-0.2, -0.15) is 4.80 Å². The Morgan fingerprint density at radius 3 is 2.75 bits per heavy atom. The number of fused-ring (bicyclic) bond motifs is 1. The number of nitrogens with zero attached hydrogens (tertiary/aromatic N) is 5. The summed E-state index contributed by atoms with van der Waals surface area (Å²) in [6.07, 6.45) is -0.158. The Morgan fingerprint density at radius 1 is 1.21 bits per heavy atom. The number of tetrazole rings is 1. The van der Waals surface area contributed by atoms with Gasteiger partial charge in [-0.05, 0) is 41.6 Å². The number of rotatable bonds is 7. The van der Waals surface area contributed by atoms with Gasteiger partial charge >= 0.3 is 5.97 Å². The van der Waals surface area contributed by atoms with Gasteiger partial charge in [0, 0.05) is 11.6 Å². The van der Waals surface area contributed by atoms with Crippen molar-refractivity contribution in [3.05, 3.63) is 48.5 Å². The molecule has 1 unspecified atom stereocenters. The first-order chi connectivity index (χ1) is 13.6. The number of benzene rings is 2. The van der Waals surface area contributed by atoms with Gasteiger partial charge in [-0.1, -0.05) is 23.5 Å². The lowest BCUT2D eigenvalue weighted by atomic mass is 10.2. The predicted octanol–water partition coefficient (Wildman–Crippen LogP) is 2.54. The van der Waals surface area contributed by atoms with E-state index in [-0.39, 0.29) is 13.0 Å². The molecule has 3 N–H and O–H groups in total. The van der Waals surface area contributed by atoms with Gasteiger partial charge in [0.05, 0.1) is 23.2 Å². The lowest BCUT2D eigenvalue weighted by Gasteiger charge is -2.06. The summed E-state index contributed by atoms with van der Waals surface area (Å²) in [5.41, 5.74) is 7.41. The van der Waals surface area contributed by atoms with Crippen molar-refractivity contribution in [1.29, 1.82) is 0 Å². The molecule has 0 aliphatic carbocycles. The van der Waals surface area contributed by atoms with Crippen molar-refractivity contribution in [1.82, 2.24) is 25.2 Å². The first kappa shape index (κ1) is 18.0. The van der Waals surface area contributed by atoms with Gasteiger partial charge in [0.2, 0.25) is 5.82 Å². The van der Waals surface area contributed by atoms with Crippen LogP contribution in [0.25, 0.3) is 21.6 Å². The minimum atomic E-state index is -0.962. The molecule has 0 spiro atoms. The average Bonchev–Trinajstić information content (AvgIpc) is 3.28. The van der Waals surface area contributed by atoms with Crippen molar-refractivity contribution in [2.75, 3.05) is 0 Å².